The molecule has 2 aromatic rings. The molecule has 0 unspecified atom stereocenters. The first-order chi connectivity index (χ1) is 9.80. The van der Waals surface area contributed by atoms with Gasteiger partial charge in [0.1, 0.15) is 12.4 Å². The standard InChI is InChI=1S/C16H24N2OS/c1-4-6-9-18-15-11-13(20-10-5-2)7-8-14(15)17-16(18)12-19-3/h7-8,11H,4-6,9-10,12H2,1-3H3. The maximum Gasteiger partial charge on any atom is 0.135 e. The normalized spacial score (nSPS) is 11.3. The molecule has 3 nitrogen and oxygen atoms in total. The molecule has 0 N–H and O–H groups in total. The average Bonchev–Trinajstić information content (AvgIpc) is 2.80. The van der Waals surface area contributed by atoms with Crippen LogP contribution in [0.2, 0.25) is 0 Å². The summed E-state index contributed by atoms with van der Waals surface area (Å²) >= 11 is 1.92. The average molecular weight is 292 g/mol. The van der Waals surface area contributed by atoms with Gasteiger partial charge in [-0.05, 0) is 36.8 Å². The fourth-order valence-electron chi connectivity index (χ4n) is 2.27. The van der Waals surface area contributed by atoms with Gasteiger partial charge in [-0.1, -0.05) is 20.3 Å². The Labute approximate surface area is 125 Å². The molecule has 0 aliphatic heterocycles. The molecule has 0 bridgehead atoms. The molecule has 0 saturated heterocycles. The van der Waals surface area contributed by atoms with Gasteiger partial charge in [-0.15, -0.1) is 11.8 Å². The predicted octanol–water partition coefficient (Wildman–Crippen LogP) is 4.48. The van der Waals surface area contributed by atoms with Gasteiger partial charge in [0.25, 0.3) is 0 Å². The smallest absolute Gasteiger partial charge is 0.135 e. The molecule has 1 heterocycles. The first-order valence-electron chi connectivity index (χ1n) is 7.41. The van der Waals surface area contributed by atoms with Crippen LogP contribution in [0.25, 0.3) is 11.0 Å². The number of imidazole rings is 1. The molecular formula is C16H24N2OS. The molecule has 4 heteroatoms. The molecule has 1 aromatic heterocycles. The summed E-state index contributed by atoms with van der Waals surface area (Å²) in [5.41, 5.74) is 2.32. The second-order valence-corrected chi connectivity index (χ2v) is 6.13. The van der Waals surface area contributed by atoms with Crippen LogP contribution < -0.4 is 0 Å². The number of ether oxygens (including phenoxy) is 1. The summed E-state index contributed by atoms with van der Waals surface area (Å²) in [5, 5.41) is 0. The Balaban J connectivity index is 2.36. The summed E-state index contributed by atoms with van der Waals surface area (Å²) in [6.07, 6.45) is 3.57. The maximum absolute atomic E-state index is 5.28. The summed E-state index contributed by atoms with van der Waals surface area (Å²) < 4.78 is 7.60. The summed E-state index contributed by atoms with van der Waals surface area (Å²) in [6.45, 7) is 6.04. The van der Waals surface area contributed by atoms with Crippen LogP contribution in [0.1, 0.15) is 38.9 Å². The lowest BCUT2D eigenvalue weighted by atomic mass is 10.3. The van der Waals surface area contributed by atoms with Crippen LogP contribution in [0.4, 0.5) is 0 Å². The highest BCUT2D eigenvalue weighted by molar-refractivity contribution is 7.99. The van der Waals surface area contributed by atoms with Gasteiger partial charge >= 0.3 is 0 Å². The van der Waals surface area contributed by atoms with E-state index in [9.17, 15) is 0 Å². The predicted molar refractivity (Wildman–Crippen MR) is 86.4 cm³/mol. The number of rotatable bonds is 8. The first kappa shape index (κ1) is 15.4. The fraction of sp³-hybridized carbons (Fsp3) is 0.562. The van der Waals surface area contributed by atoms with Crippen molar-refractivity contribution in [2.24, 2.45) is 0 Å². The first-order valence-corrected chi connectivity index (χ1v) is 8.39. The van der Waals surface area contributed by atoms with E-state index in [1.807, 2.05) is 11.8 Å². The fourth-order valence-corrected chi connectivity index (χ4v) is 3.07. The topological polar surface area (TPSA) is 27.1 Å². The molecule has 20 heavy (non-hydrogen) atoms. The van der Waals surface area contributed by atoms with Crippen LogP contribution in [0.5, 0.6) is 0 Å². The van der Waals surface area contributed by atoms with Crippen LogP contribution in [0, 0.1) is 0 Å². The highest BCUT2D eigenvalue weighted by Crippen LogP contribution is 2.25. The highest BCUT2D eigenvalue weighted by Gasteiger charge is 2.11. The van der Waals surface area contributed by atoms with E-state index in [1.165, 1.54) is 35.4 Å². The molecule has 0 amide bonds. The van der Waals surface area contributed by atoms with Crippen molar-refractivity contribution in [2.75, 3.05) is 12.9 Å². The molecule has 1 aromatic carbocycles. The van der Waals surface area contributed by atoms with Gasteiger partial charge in [0, 0.05) is 18.6 Å². The van der Waals surface area contributed by atoms with Gasteiger partial charge in [-0.2, -0.15) is 0 Å². The number of methoxy groups -OCH3 is 1. The monoisotopic (exact) mass is 292 g/mol. The number of fused-ring (bicyclic) bond motifs is 1. The highest BCUT2D eigenvalue weighted by atomic mass is 32.2. The SMILES string of the molecule is CCCCn1c(COC)nc2ccc(SCCC)cc21. The van der Waals surface area contributed by atoms with Gasteiger partial charge in [0.2, 0.25) is 0 Å². The Morgan fingerprint density at radius 1 is 1.25 bits per heavy atom. The van der Waals surface area contributed by atoms with Crippen molar-refractivity contribution in [1.29, 1.82) is 0 Å². The van der Waals surface area contributed by atoms with E-state index >= 15 is 0 Å². The third kappa shape index (κ3) is 3.55. The minimum Gasteiger partial charge on any atom is -0.377 e. The number of hydrogen-bond donors (Lipinski definition) is 0. The minimum absolute atomic E-state index is 0.579. The Bertz CT molecular complexity index is 551. The van der Waals surface area contributed by atoms with E-state index < -0.39 is 0 Å². The molecule has 0 atom stereocenters. The summed E-state index contributed by atoms with van der Waals surface area (Å²) in [7, 11) is 1.73. The summed E-state index contributed by atoms with van der Waals surface area (Å²) in [5.74, 6) is 2.20. The molecule has 0 aliphatic rings. The van der Waals surface area contributed by atoms with Crippen molar-refractivity contribution in [1.82, 2.24) is 9.55 Å². The number of aryl methyl sites for hydroxylation is 1. The van der Waals surface area contributed by atoms with Gasteiger partial charge < -0.3 is 9.30 Å². The van der Waals surface area contributed by atoms with Crippen LogP contribution in [0.3, 0.4) is 0 Å². The Hall–Kier alpha value is -1.00. The number of benzene rings is 1. The van der Waals surface area contributed by atoms with Crippen molar-refractivity contribution in [2.45, 2.75) is 51.2 Å². The molecule has 0 spiro atoms. The molecule has 0 saturated carbocycles. The molecule has 0 radical (unpaired) electrons. The van der Waals surface area contributed by atoms with Crippen molar-refractivity contribution in [3.63, 3.8) is 0 Å². The third-order valence-corrected chi connectivity index (χ3v) is 4.48. The molecule has 0 aliphatic carbocycles. The van der Waals surface area contributed by atoms with Crippen molar-refractivity contribution in [3.8, 4) is 0 Å². The molecule has 2 rings (SSSR count). The van der Waals surface area contributed by atoms with Crippen LogP contribution >= 0.6 is 11.8 Å². The number of aromatic nitrogens is 2. The van der Waals surface area contributed by atoms with Gasteiger partial charge in [-0.3, -0.25) is 0 Å². The van der Waals surface area contributed by atoms with Gasteiger partial charge in [-0.25, -0.2) is 4.98 Å². The lowest BCUT2D eigenvalue weighted by Gasteiger charge is -2.08. The largest absolute Gasteiger partial charge is 0.377 e. The zero-order valence-corrected chi connectivity index (χ0v) is 13.5. The van der Waals surface area contributed by atoms with Crippen molar-refractivity contribution < 1.29 is 4.74 Å². The number of hydrogen-bond acceptors (Lipinski definition) is 3. The van der Waals surface area contributed by atoms with Crippen molar-refractivity contribution >= 4 is 22.8 Å². The van der Waals surface area contributed by atoms with Gasteiger partial charge in [0.15, 0.2) is 0 Å². The maximum atomic E-state index is 5.28. The van der Waals surface area contributed by atoms with Crippen LogP contribution in [-0.2, 0) is 17.9 Å². The molecular weight excluding hydrogens is 268 g/mol. The van der Waals surface area contributed by atoms with Gasteiger partial charge in [0.05, 0.1) is 11.0 Å². The van der Waals surface area contributed by atoms with E-state index in [-0.39, 0.29) is 0 Å². The van der Waals surface area contributed by atoms with E-state index in [2.05, 4.69) is 36.6 Å². The quantitative estimate of drug-likeness (QED) is 0.671. The Morgan fingerprint density at radius 2 is 2.10 bits per heavy atom. The zero-order valence-electron chi connectivity index (χ0n) is 12.7. The third-order valence-electron chi connectivity index (χ3n) is 3.28. The Morgan fingerprint density at radius 3 is 2.80 bits per heavy atom. The minimum atomic E-state index is 0.579. The zero-order chi connectivity index (χ0) is 14.4. The lowest BCUT2D eigenvalue weighted by Crippen LogP contribution is -2.04. The second-order valence-electron chi connectivity index (χ2n) is 4.97. The van der Waals surface area contributed by atoms with Crippen LogP contribution in [0.15, 0.2) is 23.1 Å². The lowest BCUT2D eigenvalue weighted by molar-refractivity contribution is 0.174. The van der Waals surface area contributed by atoms with E-state index in [4.69, 9.17) is 9.72 Å². The molecule has 110 valence electrons. The number of unbranched alkanes of at least 4 members (excludes halogenated alkanes) is 1. The molecule has 0 fully saturated rings. The van der Waals surface area contributed by atoms with E-state index in [1.54, 1.807) is 7.11 Å². The summed E-state index contributed by atoms with van der Waals surface area (Å²) in [4.78, 5) is 6.04. The summed E-state index contributed by atoms with van der Waals surface area (Å²) in [6, 6.07) is 6.59. The Kier molecular flexibility index (Phi) is 5.92. The number of thioether (sulfide) groups is 1. The van der Waals surface area contributed by atoms with E-state index in [0.29, 0.717) is 6.61 Å². The van der Waals surface area contributed by atoms with Crippen LogP contribution in [-0.4, -0.2) is 22.4 Å². The van der Waals surface area contributed by atoms with E-state index in [0.717, 1.165) is 17.9 Å². The second kappa shape index (κ2) is 7.70. The van der Waals surface area contributed by atoms with Crippen molar-refractivity contribution in [3.05, 3.63) is 24.0 Å². The number of nitrogens with zero attached hydrogens (tertiary/aromatic N) is 2.